The van der Waals surface area contributed by atoms with Gasteiger partial charge in [0, 0.05) is 24.9 Å². The van der Waals surface area contributed by atoms with Crippen molar-refractivity contribution in [3.63, 3.8) is 0 Å². The van der Waals surface area contributed by atoms with Gasteiger partial charge in [-0.1, -0.05) is 53.7 Å². The molecule has 0 saturated heterocycles. The van der Waals surface area contributed by atoms with Gasteiger partial charge in [-0.15, -0.1) is 0 Å². The fourth-order valence-electron chi connectivity index (χ4n) is 7.76. The van der Waals surface area contributed by atoms with Crippen molar-refractivity contribution < 1.29 is 4.79 Å². The normalized spacial score (nSPS) is 32.9. The Morgan fingerprint density at radius 2 is 1.79 bits per heavy atom. The van der Waals surface area contributed by atoms with Gasteiger partial charge in [-0.25, -0.2) is 4.98 Å². The summed E-state index contributed by atoms with van der Waals surface area (Å²) in [6.07, 6.45) is 9.18. The summed E-state index contributed by atoms with van der Waals surface area (Å²) in [4.78, 5) is 18.3. The Balaban J connectivity index is 1.29. The molecule has 1 aromatic carbocycles. The number of carbonyl (C=O) groups excluding carboxylic acids is 1. The van der Waals surface area contributed by atoms with Crippen LogP contribution in [0, 0.1) is 28.1 Å². The fourth-order valence-corrected chi connectivity index (χ4v) is 7.76. The topological polar surface area (TPSA) is 46.9 Å². The Morgan fingerprint density at radius 1 is 1.09 bits per heavy atom. The first-order chi connectivity index (χ1) is 16.0. The van der Waals surface area contributed by atoms with Gasteiger partial charge in [0.1, 0.15) is 5.82 Å². The second kappa shape index (κ2) is 8.38. The largest absolute Gasteiger partial charge is 0.353 e. The Bertz CT molecular complexity index is 1050. The number of nitrogens with one attached hydrogen (secondary N) is 1. The zero-order valence-corrected chi connectivity index (χ0v) is 22.3. The lowest BCUT2D eigenvalue weighted by molar-refractivity contribution is -0.123. The molecule has 3 aliphatic carbocycles. The van der Waals surface area contributed by atoms with Crippen molar-refractivity contribution in [2.75, 3.05) is 0 Å². The van der Waals surface area contributed by atoms with Gasteiger partial charge in [0.15, 0.2) is 0 Å². The van der Waals surface area contributed by atoms with Crippen molar-refractivity contribution in [3.05, 3.63) is 30.1 Å². The summed E-state index contributed by atoms with van der Waals surface area (Å²) in [7, 11) is 0. The summed E-state index contributed by atoms with van der Waals surface area (Å²) in [6.45, 7) is 15.1. The van der Waals surface area contributed by atoms with Crippen LogP contribution in [0.3, 0.4) is 0 Å². The second-order valence-corrected chi connectivity index (χ2v) is 13.5. The minimum atomic E-state index is 0.203. The molecule has 0 spiro atoms. The molecule has 3 saturated carbocycles. The highest BCUT2D eigenvalue weighted by molar-refractivity contribution is 5.78. The number of imidazole rings is 1. The Morgan fingerprint density at radius 3 is 2.41 bits per heavy atom. The number of aryl methyl sites for hydroxylation is 1. The maximum Gasteiger partial charge on any atom is 0.222 e. The van der Waals surface area contributed by atoms with E-state index in [1.54, 1.807) is 0 Å². The molecule has 186 valence electrons. The lowest BCUT2D eigenvalue weighted by atomic mass is 9.69. The molecule has 1 heterocycles. The summed E-state index contributed by atoms with van der Waals surface area (Å²) in [6, 6.07) is 8.78. The van der Waals surface area contributed by atoms with Crippen LogP contribution in [0.4, 0.5) is 0 Å². The maximum atomic E-state index is 13.2. The van der Waals surface area contributed by atoms with Crippen LogP contribution < -0.4 is 5.32 Å². The molecule has 4 nitrogen and oxygen atoms in total. The number of para-hydroxylation sites is 2. The predicted molar refractivity (Wildman–Crippen MR) is 140 cm³/mol. The number of rotatable bonds is 5. The van der Waals surface area contributed by atoms with Crippen LogP contribution in [0.1, 0.15) is 105 Å². The molecule has 2 aromatic rings. The van der Waals surface area contributed by atoms with Crippen molar-refractivity contribution in [1.29, 1.82) is 0 Å². The monoisotopic (exact) mass is 463 g/mol. The molecular formula is C30H45N3O. The van der Waals surface area contributed by atoms with Crippen molar-refractivity contribution in [1.82, 2.24) is 14.9 Å². The molecular weight excluding hydrogens is 418 g/mol. The summed E-state index contributed by atoms with van der Waals surface area (Å²) in [5, 5.41) is 3.47. The summed E-state index contributed by atoms with van der Waals surface area (Å²) < 4.78 is 2.36. The van der Waals surface area contributed by atoms with Gasteiger partial charge in [-0.05, 0) is 85.2 Å². The summed E-state index contributed by atoms with van der Waals surface area (Å²) >= 11 is 0. The summed E-state index contributed by atoms with van der Waals surface area (Å²) in [5.74, 6) is 3.44. The molecule has 1 amide bonds. The molecule has 5 rings (SSSR count). The lowest BCUT2D eigenvalue weighted by Crippen LogP contribution is -2.47. The van der Waals surface area contributed by atoms with Crippen LogP contribution in [-0.2, 0) is 11.3 Å². The predicted octanol–water partition coefficient (Wildman–Crippen LogP) is 7.08. The van der Waals surface area contributed by atoms with Crippen LogP contribution in [-0.4, -0.2) is 21.5 Å². The van der Waals surface area contributed by atoms with Crippen LogP contribution >= 0.6 is 0 Å². The molecule has 1 N–H and O–H groups in total. The van der Waals surface area contributed by atoms with E-state index in [9.17, 15) is 4.79 Å². The smallest absolute Gasteiger partial charge is 0.222 e. The van der Waals surface area contributed by atoms with Crippen molar-refractivity contribution >= 4 is 16.9 Å². The van der Waals surface area contributed by atoms with Gasteiger partial charge in [-0.2, -0.15) is 0 Å². The molecule has 2 bridgehead atoms. The van der Waals surface area contributed by atoms with E-state index in [-0.39, 0.29) is 11.3 Å². The molecule has 3 aliphatic rings. The lowest BCUT2D eigenvalue weighted by Gasteiger charge is -2.39. The standard InChI is InChI=1S/C30H45N3O/c1-28(2,3)21-13-11-20(12-14-21)27-31-23-9-7-8-10-24(23)33(27)18-16-26(34)32-25-19-22-15-17-30(25,6)29(22,4)5/h7-10,20-22,25H,11-19H2,1-6H3,(H,32,34)/t20-,21+,22-,25+,30+/m1/s1. The molecule has 0 radical (unpaired) electrons. The highest BCUT2D eigenvalue weighted by atomic mass is 16.1. The first kappa shape index (κ1) is 23.9. The van der Waals surface area contributed by atoms with E-state index in [2.05, 4.69) is 75.7 Å². The molecule has 3 fully saturated rings. The van der Waals surface area contributed by atoms with Gasteiger partial charge >= 0.3 is 0 Å². The Kier molecular flexibility index (Phi) is 5.89. The third kappa shape index (κ3) is 3.89. The quantitative estimate of drug-likeness (QED) is 0.515. The van der Waals surface area contributed by atoms with Crippen LogP contribution in [0.5, 0.6) is 0 Å². The molecule has 4 heteroatoms. The average Bonchev–Trinajstić information content (AvgIpc) is 3.33. The van der Waals surface area contributed by atoms with Gasteiger partial charge < -0.3 is 9.88 Å². The highest BCUT2D eigenvalue weighted by Gasteiger charge is 2.61. The van der Waals surface area contributed by atoms with Crippen molar-refractivity contribution in [2.45, 2.75) is 111 Å². The zero-order valence-electron chi connectivity index (χ0n) is 22.3. The SMILES string of the molecule is CC1(C)[C@@H]2CC[C@@]1(C)[C@@H](NC(=O)CCn1c3ccccc3nc1[C@H]1CC[C@@H](C(C)(C)C)CC1)C2. The van der Waals surface area contributed by atoms with Gasteiger partial charge in [0.25, 0.3) is 0 Å². The van der Waals surface area contributed by atoms with Crippen molar-refractivity contribution in [3.8, 4) is 0 Å². The first-order valence-electron chi connectivity index (χ1n) is 13.8. The van der Waals surface area contributed by atoms with Crippen LogP contribution in [0.2, 0.25) is 0 Å². The van der Waals surface area contributed by atoms with E-state index < -0.39 is 0 Å². The minimum Gasteiger partial charge on any atom is -0.353 e. The van der Waals surface area contributed by atoms with Crippen LogP contribution in [0.15, 0.2) is 24.3 Å². The Labute approximate surface area is 206 Å². The number of hydrogen-bond donors (Lipinski definition) is 1. The number of hydrogen-bond acceptors (Lipinski definition) is 2. The van der Waals surface area contributed by atoms with E-state index in [1.165, 1.54) is 49.9 Å². The van der Waals surface area contributed by atoms with Gasteiger partial charge in [0.05, 0.1) is 11.0 Å². The second-order valence-electron chi connectivity index (χ2n) is 13.5. The van der Waals surface area contributed by atoms with Crippen LogP contribution in [0.25, 0.3) is 11.0 Å². The number of benzene rings is 1. The third-order valence-corrected chi connectivity index (χ3v) is 10.7. The number of fused-ring (bicyclic) bond motifs is 3. The number of amides is 1. The third-order valence-electron chi connectivity index (χ3n) is 10.7. The average molecular weight is 464 g/mol. The molecule has 1 aromatic heterocycles. The van der Waals surface area contributed by atoms with E-state index in [0.29, 0.717) is 29.2 Å². The minimum absolute atomic E-state index is 0.203. The first-order valence-corrected chi connectivity index (χ1v) is 13.8. The van der Waals surface area contributed by atoms with Gasteiger partial charge in [0.2, 0.25) is 5.91 Å². The Hall–Kier alpha value is -1.84. The van der Waals surface area contributed by atoms with Gasteiger partial charge in [-0.3, -0.25) is 4.79 Å². The fraction of sp³-hybridized carbons (Fsp3) is 0.733. The molecule has 34 heavy (non-hydrogen) atoms. The zero-order chi connectivity index (χ0) is 24.3. The van der Waals surface area contributed by atoms with Crippen molar-refractivity contribution in [2.24, 2.45) is 28.1 Å². The van der Waals surface area contributed by atoms with E-state index in [4.69, 9.17) is 4.98 Å². The summed E-state index contributed by atoms with van der Waals surface area (Å²) in [5.41, 5.74) is 3.18. The number of aromatic nitrogens is 2. The van der Waals surface area contributed by atoms with E-state index in [1.807, 2.05) is 0 Å². The molecule has 0 unspecified atom stereocenters. The highest BCUT2D eigenvalue weighted by Crippen LogP contribution is 2.65. The van der Waals surface area contributed by atoms with E-state index in [0.717, 1.165) is 30.3 Å². The molecule has 3 atom stereocenters. The number of nitrogens with zero attached hydrogens (tertiary/aromatic N) is 2. The molecule has 0 aliphatic heterocycles. The van der Waals surface area contributed by atoms with E-state index >= 15 is 0 Å². The maximum absolute atomic E-state index is 13.2. The number of carbonyl (C=O) groups is 1.